The fraction of sp³-hybridized carbons (Fsp3) is 0.407. The number of piperazine rings is 2. The lowest BCUT2D eigenvalue weighted by molar-refractivity contribution is -0.134. The molecule has 1 N–H and O–H groups in total. The summed E-state index contributed by atoms with van der Waals surface area (Å²) in [4.78, 5) is 37.5. The Balaban J connectivity index is 1.07. The number of nitrogens with one attached hydrogen (secondary N) is 1. The molecular weight excluding hydrogens is 426 g/mol. The van der Waals surface area contributed by atoms with Crippen molar-refractivity contribution >= 4 is 22.7 Å². The molecule has 3 aromatic rings. The van der Waals surface area contributed by atoms with Gasteiger partial charge < -0.3 is 14.8 Å². The van der Waals surface area contributed by atoms with Gasteiger partial charge in [0.15, 0.2) is 0 Å². The molecule has 0 bridgehead atoms. The number of hydrogen-bond donors (Lipinski definition) is 1. The zero-order chi connectivity index (χ0) is 23.5. The van der Waals surface area contributed by atoms with E-state index in [0.29, 0.717) is 25.3 Å². The number of nitrogens with zero attached hydrogens (tertiary/aromatic N) is 4. The first-order valence-electron chi connectivity index (χ1n) is 12.2. The van der Waals surface area contributed by atoms with Gasteiger partial charge >= 0.3 is 0 Å². The molecule has 0 spiro atoms. The molecule has 2 aliphatic rings. The van der Waals surface area contributed by atoms with Gasteiger partial charge in [-0.2, -0.15) is 0 Å². The molecule has 5 rings (SSSR count). The summed E-state index contributed by atoms with van der Waals surface area (Å²) in [7, 11) is 0. The van der Waals surface area contributed by atoms with Crippen LogP contribution in [0.2, 0.25) is 0 Å². The van der Waals surface area contributed by atoms with E-state index in [4.69, 9.17) is 0 Å². The third-order valence-electron chi connectivity index (χ3n) is 7.16. The van der Waals surface area contributed by atoms with Crippen LogP contribution in [0.15, 0.2) is 54.6 Å². The van der Waals surface area contributed by atoms with E-state index < -0.39 is 0 Å². The van der Waals surface area contributed by atoms with Crippen LogP contribution in [0, 0.1) is 6.92 Å². The standard InChI is InChI=1S/C27H33N5O2/c1-21-6-2-3-8-23(21)19-29-10-14-31(15-11-29)26(33)20-30-12-16-32(17-13-30)27(34)25-18-22-7-4-5-9-24(22)28-25/h2-9,18,28H,10-17,19-20H2,1H3. The molecule has 34 heavy (non-hydrogen) atoms. The first-order valence-corrected chi connectivity index (χ1v) is 12.2. The Morgan fingerprint density at radius 1 is 0.794 bits per heavy atom. The SMILES string of the molecule is Cc1ccccc1CN1CCN(C(=O)CN2CCN(C(=O)c3cc4ccccc4[nH]3)CC2)CC1. The van der Waals surface area contributed by atoms with Crippen LogP contribution in [0.5, 0.6) is 0 Å². The van der Waals surface area contributed by atoms with E-state index in [-0.39, 0.29) is 11.8 Å². The molecular formula is C27H33N5O2. The van der Waals surface area contributed by atoms with Crippen molar-refractivity contribution in [3.8, 4) is 0 Å². The fourth-order valence-corrected chi connectivity index (χ4v) is 4.94. The molecule has 2 aliphatic heterocycles. The summed E-state index contributed by atoms with van der Waals surface area (Å²) >= 11 is 0. The lowest BCUT2D eigenvalue weighted by Crippen LogP contribution is -2.54. The van der Waals surface area contributed by atoms with E-state index in [1.54, 1.807) is 0 Å². The van der Waals surface area contributed by atoms with Crippen molar-refractivity contribution in [1.82, 2.24) is 24.6 Å². The molecule has 0 atom stereocenters. The molecule has 2 amide bonds. The third-order valence-corrected chi connectivity index (χ3v) is 7.16. The predicted octanol–water partition coefficient (Wildman–Crippen LogP) is 2.58. The maximum atomic E-state index is 12.9. The summed E-state index contributed by atoms with van der Waals surface area (Å²) in [6.45, 7) is 9.66. The normalized spacial score (nSPS) is 17.9. The zero-order valence-electron chi connectivity index (χ0n) is 19.9. The van der Waals surface area contributed by atoms with Gasteiger partial charge in [-0.3, -0.25) is 19.4 Å². The summed E-state index contributed by atoms with van der Waals surface area (Å²) < 4.78 is 0. The van der Waals surface area contributed by atoms with Crippen LogP contribution in [0.4, 0.5) is 0 Å². The number of rotatable bonds is 5. The second-order valence-electron chi connectivity index (χ2n) is 9.42. The molecule has 178 valence electrons. The number of hydrogen-bond acceptors (Lipinski definition) is 4. The van der Waals surface area contributed by atoms with Gasteiger partial charge in [0, 0.05) is 69.8 Å². The van der Waals surface area contributed by atoms with Crippen LogP contribution in [0.1, 0.15) is 21.6 Å². The number of para-hydroxylation sites is 1. The Hall–Kier alpha value is -3.16. The predicted molar refractivity (Wildman–Crippen MR) is 134 cm³/mol. The highest BCUT2D eigenvalue weighted by Crippen LogP contribution is 2.17. The van der Waals surface area contributed by atoms with Gasteiger partial charge in [-0.15, -0.1) is 0 Å². The van der Waals surface area contributed by atoms with E-state index >= 15 is 0 Å². The smallest absolute Gasteiger partial charge is 0.270 e. The van der Waals surface area contributed by atoms with Crippen molar-refractivity contribution in [3.05, 3.63) is 71.4 Å². The number of aromatic nitrogens is 1. The quantitative estimate of drug-likeness (QED) is 0.637. The topological polar surface area (TPSA) is 62.9 Å². The third kappa shape index (κ3) is 5.00. The fourth-order valence-electron chi connectivity index (χ4n) is 4.94. The number of amides is 2. The zero-order valence-corrected chi connectivity index (χ0v) is 19.9. The van der Waals surface area contributed by atoms with Crippen molar-refractivity contribution in [2.24, 2.45) is 0 Å². The van der Waals surface area contributed by atoms with Crippen LogP contribution in [-0.2, 0) is 11.3 Å². The van der Waals surface area contributed by atoms with E-state index in [2.05, 4.69) is 46.0 Å². The van der Waals surface area contributed by atoms with Gasteiger partial charge in [0.05, 0.1) is 6.54 Å². The summed E-state index contributed by atoms with van der Waals surface area (Å²) in [5.74, 6) is 0.234. The van der Waals surface area contributed by atoms with Crippen LogP contribution in [0.25, 0.3) is 10.9 Å². The lowest BCUT2D eigenvalue weighted by atomic mass is 10.1. The number of benzene rings is 2. The van der Waals surface area contributed by atoms with Crippen LogP contribution in [-0.4, -0.2) is 95.3 Å². The Morgan fingerprint density at radius 2 is 1.44 bits per heavy atom. The lowest BCUT2D eigenvalue weighted by Gasteiger charge is -2.38. The Bertz CT molecular complexity index is 1120. The number of fused-ring (bicyclic) bond motifs is 1. The molecule has 0 unspecified atom stereocenters. The Morgan fingerprint density at radius 3 is 2.18 bits per heavy atom. The molecule has 3 heterocycles. The van der Waals surface area contributed by atoms with Gasteiger partial charge in [-0.1, -0.05) is 42.5 Å². The van der Waals surface area contributed by atoms with Gasteiger partial charge in [0.2, 0.25) is 5.91 Å². The van der Waals surface area contributed by atoms with Gasteiger partial charge in [-0.25, -0.2) is 0 Å². The minimum atomic E-state index is 0.0342. The molecule has 0 aliphatic carbocycles. The molecule has 1 aromatic heterocycles. The van der Waals surface area contributed by atoms with Crippen molar-refractivity contribution in [2.45, 2.75) is 13.5 Å². The molecule has 2 saturated heterocycles. The van der Waals surface area contributed by atoms with Gasteiger partial charge in [0.1, 0.15) is 5.69 Å². The van der Waals surface area contributed by atoms with Gasteiger partial charge in [-0.05, 0) is 30.2 Å². The summed E-state index contributed by atoms with van der Waals surface area (Å²) in [6.07, 6.45) is 0. The van der Waals surface area contributed by atoms with Crippen LogP contribution >= 0.6 is 0 Å². The average molecular weight is 460 g/mol. The minimum Gasteiger partial charge on any atom is -0.351 e. The van der Waals surface area contributed by atoms with E-state index in [1.165, 1.54) is 11.1 Å². The van der Waals surface area contributed by atoms with Gasteiger partial charge in [0.25, 0.3) is 5.91 Å². The van der Waals surface area contributed by atoms with Crippen LogP contribution in [0.3, 0.4) is 0 Å². The van der Waals surface area contributed by atoms with Crippen molar-refractivity contribution < 1.29 is 9.59 Å². The molecule has 7 nitrogen and oxygen atoms in total. The number of aryl methyl sites for hydroxylation is 1. The number of aromatic amines is 1. The monoisotopic (exact) mass is 459 g/mol. The Labute approximate surface area is 200 Å². The number of H-pyrrole nitrogens is 1. The summed E-state index contributed by atoms with van der Waals surface area (Å²) in [6, 6.07) is 18.4. The second kappa shape index (κ2) is 9.99. The van der Waals surface area contributed by atoms with Crippen LogP contribution < -0.4 is 0 Å². The van der Waals surface area contributed by atoms with E-state index in [1.807, 2.05) is 40.1 Å². The Kier molecular flexibility index (Phi) is 6.65. The molecule has 0 saturated carbocycles. The number of carbonyl (C=O) groups is 2. The first-order chi connectivity index (χ1) is 16.6. The molecule has 0 radical (unpaired) electrons. The number of carbonyl (C=O) groups excluding carboxylic acids is 2. The van der Waals surface area contributed by atoms with Crippen molar-refractivity contribution in [2.75, 3.05) is 58.9 Å². The maximum absolute atomic E-state index is 12.9. The first kappa shape index (κ1) is 22.6. The molecule has 7 heteroatoms. The highest BCUT2D eigenvalue weighted by molar-refractivity contribution is 5.98. The highest BCUT2D eigenvalue weighted by Gasteiger charge is 2.27. The summed E-state index contributed by atoms with van der Waals surface area (Å²) in [5.41, 5.74) is 4.30. The van der Waals surface area contributed by atoms with Crippen molar-refractivity contribution in [1.29, 1.82) is 0 Å². The molecule has 2 aromatic carbocycles. The maximum Gasteiger partial charge on any atom is 0.270 e. The van der Waals surface area contributed by atoms with E-state index in [0.717, 1.165) is 56.7 Å². The minimum absolute atomic E-state index is 0.0342. The highest BCUT2D eigenvalue weighted by atomic mass is 16.2. The second-order valence-corrected chi connectivity index (χ2v) is 9.42. The largest absolute Gasteiger partial charge is 0.351 e. The average Bonchev–Trinajstić information content (AvgIpc) is 3.30. The molecule has 2 fully saturated rings. The summed E-state index contributed by atoms with van der Waals surface area (Å²) in [5, 5.41) is 1.05. The van der Waals surface area contributed by atoms with E-state index in [9.17, 15) is 9.59 Å². The van der Waals surface area contributed by atoms with Crippen molar-refractivity contribution in [3.63, 3.8) is 0 Å².